The molecule has 178 valence electrons. The van der Waals surface area contributed by atoms with Crippen molar-refractivity contribution in [3.63, 3.8) is 0 Å². The first kappa shape index (κ1) is 25.2. The predicted molar refractivity (Wildman–Crippen MR) is 137 cm³/mol. The van der Waals surface area contributed by atoms with Gasteiger partial charge in [-0.25, -0.2) is 0 Å². The molecule has 0 atom stereocenters. The molecule has 4 heteroatoms. The minimum atomic E-state index is 0.240. The lowest BCUT2D eigenvalue weighted by Crippen LogP contribution is -2.41. The SMILES string of the molecule is CCN(C(=O)C/C=C/c1ccccc1)C1CCC(c2ccc(CNCCCCO)cc2)CC1. The van der Waals surface area contributed by atoms with E-state index in [-0.39, 0.29) is 12.5 Å². The molecule has 2 aromatic carbocycles. The van der Waals surface area contributed by atoms with Crippen molar-refractivity contribution in [3.8, 4) is 0 Å². The van der Waals surface area contributed by atoms with Crippen molar-refractivity contribution >= 4 is 12.0 Å². The summed E-state index contributed by atoms with van der Waals surface area (Å²) in [7, 11) is 0. The van der Waals surface area contributed by atoms with Crippen LogP contribution in [0, 0.1) is 0 Å². The maximum atomic E-state index is 12.9. The van der Waals surface area contributed by atoms with Crippen LogP contribution in [-0.2, 0) is 11.3 Å². The number of hydrogen-bond acceptors (Lipinski definition) is 3. The molecule has 0 radical (unpaired) electrons. The fraction of sp³-hybridized carbons (Fsp3) is 0.483. The summed E-state index contributed by atoms with van der Waals surface area (Å²) in [4.78, 5) is 14.9. The summed E-state index contributed by atoms with van der Waals surface area (Å²) in [5, 5.41) is 12.3. The average Bonchev–Trinajstić information content (AvgIpc) is 2.86. The third kappa shape index (κ3) is 8.13. The Bertz CT molecular complexity index is 840. The molecule has 4 nitrogen and oxygen atoms in total. The molecule has 1 fully saturated rings. The van der Waals surface area contributed by atoms with Gasteiger partial charge in [-0.05, 0) is 74.6 Å². The van der Waals surface area contributed by atoms with Crippen molar-refractivity contribution in [3.05, 3.63) is 77.4 Å². The molecule has 1 aliphatic carbocycles. The fourth-order valence-corrected chi connectivity index (χ4v) is 4.84. The molecule has 1 saturated carbocycles. The number of nitrogens with one attached hydrogen (secondary N) is 1. The predicted octanol–water partition coefficient (Wildman–Crippen LogP) is 5.53. The minimum Gasteiger partial charge on any atom is -0.396 e. The Balaban J connectivity index is 1.43. The first-order chi connectivity index (χ1) is 16.2. The second kappa shape index (κ2) is 14.0. The summed E-state index contributed by atoms with van der Waals surface area (Å²) < 4.78 is 0. The third-order valence-electron chi connectivity index (χ3n) is 6.74. The molecule has 1 aliphatic rings. The Morgan fingerprint density at radius 3 is 2.42 bits per heavy atom. The molecule has 0 aliphatic heterocycles. The minimum absolute atomic E-state index is 0.240. The summed E-state index contributed by atoms with van der Waals surface area (Å²) in [6.07, 6.45) is 10.8. The Labute approximate surface area is 199 Å². The van der Waals surface area contributed by atoms with E-state index < -0.39 is 0 Å². The van der Waals surface area contributed by atoms with Crippen LogP contribution in [0.3, 0.4) is 0 Å². The van der Waals surface area contributed by atoms with Gasteiger partial charge in [0.15, 0.2) is 0 Å². The number of rotatable bonds is 12. The molecule has 2 aromatic rings. The van der Waals surface area contributed by atoms with Crippen LogP contribution >= 0.6 is 0 Å². The normalized spacial score (nSPS) is 18.5. The van der Waals surface area contributed by atoms with Crippen LogP contribution in [0.25, 0.3) is 6.08 Å². The van der Waals surface area contributed by atoms with Gasteiger partial charge in [0.05, 0.1) is 0 Å². The van der Waals surface area contributed by atoms with Crippen LogP contribution < -0.4 is 5.32 Å². The van der Waals surface area contributed by atoms with E-state index in [2.05, 4.69) is 53.5 Å². The Hall–Kier alpha value is -2.43. The molecular formula is C29H40N2O2. The molecule has 0 unspecified atom stereocenters. The number of aliphatic hydroxyl groups is 1. The maximum Gasteiger partial charge on any atom is 0.226 e. The summed E-state index contributed by atoms with van der Waals surface area (Å²) in [5.41, 5.74) is 3.87. The Morgan fingerprint density at radius 1 is 1.03 bits per heavy atom. The highest BCUT2D eigenvalue weighted by molar-refractivity contribution is 5.79. The number of benzene rings is 2. The summed E-state index contributed by atoms with van der Waals surface area (Å²) in [6, 6.07) is 19.6. The van der Waals surface area contributed by atoms with Crippen molar-refractivity contribution in [1.82, 2.24) is 10.2 Å². The van der Waals surface area contributed by atoms with E-state index in [1.807, 2.05) is 30.4 Å². The monoisotopic (exact) mass is 448 g/mol. The summed E-state index contributed by atoms with van der Waals surface area (Å²) >= 11 is 0. The lowest BCUT2D eigenvalue weighted by Gasteiger charge is -2.36. The van der Waals surface area contributed by atoms with Crippen LogP contribution in [0.4, 0.5) is 0 Å². The number of nitrogens with zero attached hydrogens (tertiary/aromatic N) is 1. The number of unbranched alkanes of at least 4 members (excludes halogenated alkanes) is 1. The highest BCUT2D eigenvalue weighted by atomic mass is 16.2. The van der Waals surface area contributed by atoms with Gasteiger partial charge in [-0.3, -0.25) is 4.79 Å². The molecule has 3 rings (SSSR count). The van der Waals surface area contributed by atoms with Gasteiger partial charge in [-0.15, -0.1) is 0 Å². The van der Waals surface area contributed by atoms with Crippen molar-refractivity contribution in [2.75, 3.05) is 19.7 Å². The molecule has 1 amide bonds. The topological polar surface area (TPSA) is 52.6 Å². The molecular weight excluding hydrogens is 408 g/mol. The van der Waals surface area contributed by atoms with Gasteiger partial charge in [-0.2, -0.15) is 0 Å². The van der Waals surface area contributed by atoms with Gasteiger partial charge in [0.25, 0.3) is 0 Å². The largest absolute Gasteiger partial charge is 0.396 e. The van der Waals surface area contributed by atoms with Crippen molar-refractivity contribution in [2.45, 2.75) is 70.4 Å². The van der Waals surface area contributed by atoms with Gasteiger partial charge in [0.1, 0.15) is 0 Å². The molecule has 0 saturated heterocycles. The second-order valence-corrected chi connectivity index (χ2v) is 9.05. The van der Waals surface area contributed by atoms with E-state index in [9.17, 15) is 4.79 Å². The summed E-state index contributed by atoms with van der Waals surface area (Å²) in [6.45, 7) is 4.98. The van der Waals surface area contributed by atoms with E-state index in [0.717, 1.165) is 63.7 Å². The second-order valence-electron chi connectivity index (χ2n) is 9.05. The Kier molecular flexibility index (Phi) is 10.7. The molecule has 0 bridgehead atoms. The molecule has 0 spiro atoms. The van der Waals surface area contributed by atoms with Gasteiger partial charge in [0, 0.05) is 32.2 Å². The van der Waals surface area contributed by atoms with Crippen LogP contribution in [0.2, 0.25) is 0 Å². The average molecular weight is 449 g/mol. The lowest BCUT2D eigenvalue weighted by molar-refractivity contribution is -0.133. The quantitative estimate of drug-likeness (QED) is 0.420. The highest BCUT2D eigenvalue weighted by Gasteiger charge is 2.28. The zero-order valence-electron chi connectivity index (χ0n) is 20.1. The zero-order valence-corrected chi connectivity index (χ0v) is 20.1. The number of amides is 1. The van der Waals surface area contributed by atoms with E-state index in [0.29, 0.717) is 18.4 Å². The Morgan fingerprint density at radius 2 is 1.76 bits per heavy atom. The van der Waals surface area contributed by atoms with Gasteiger partial charge < -0.3 is 15.3 Å². The number of hydrogen-bond donors (Lipinski definition) is 2. The molecule has 0 aromatic heterocycles. The van der Waals surface area contributed by atoms with Crippen LogP contribution in [0.5, 0.6) is 0 Å². The zero-order chi connectivity index (χ0) is 23.3. The fourth-order valence-electron chi connectivity index (χ4n) is 4.84. The van der Waals surface area contributed by atoms with E-state index in [1.165, 1.54) is 11.1 Å². The lowest BCUT2D eigenvalue weighted by atomic mass is 9.81. The first-order valence-electron chi connectivity index (χ1n) is 12.6. The maximum absolute atomic E-state index is 12.9. The number of carbonyl (C=O) groups excluding carboxylic acids is 1. The van der Waals surface area contributed by atoms with Crippen LogP contribution in [-0.4, -0.2) is 41.7 Å². The number of aliphatic hydroxyl groups excluding tert-OH is 1. The van der Waals surface area contributed by atoms with Crippen LogP contribution in [0.1, 0.15) is 74.5 Å². The van der Waals surface area contributed by atoms with E-state index in [4.69, 9.17) is 5.11 Å². The van der Waals surface area contributed by atoms with Gasteiger partial charge in [-0.1, -0.05) is 66.7 Å². The van der Waals surface area contributed by atoms with Gasteiger partial charge >= 0.3 is 0 Å². The van der Waals surface area contributed by atoms with Crippen molar-refractivity contribution in [2.24, 2.45) is 0 Å². The molecule has 33 heavy (non-hydrogen) atoms. The summed E-state index contributed by atoms with van der Waals surface area (Å²) in [5.74, 6) is 0.837. The highest BCUT2D eigenvalue weighted by Crippen LogP contribution is 2.35. The third-order valence-corrected chi connectivity index (χ3v) is 6.74. The molecule has 2 N–H and O–H groups in total. The molecule has 0 heterocycles. The first-order valence-corrected chi connectivity index (χ1v) is 12.6. The van der Waals surface area contributed by atoms with Crippen molar-refractivity contribution in [1.29, 1.82) is 0 Å². The van der Waals surface area contributed by atoms with Gasteiger partial charge in [0.2, 0.25) is 5.91 Å². The smallest absolute Gasteiger partial charge is 0.226 e. The van der Waals surface area contributed by atoms with E-state index in [1.54, 1.807) is 0 Å². The standard InChI is InChI=1S/C29H40N2O2/c1-2-31(29(33)12-8-11-24-9-4-3-5-10-24)28-19-17-27(18-20-28)26-15-13-25(14-16-26)23-30-21-6-7-22-32/h3-5,8-11,13-16,27-28,30,32H,2,6-7,12,17-23H2,1H3/b11-8+. The van der Waals surface area contributed by atoms with Crippen LogP contribution in [0.15, 0.2) is 60.7 Å². The number of carbonyl (C=O) groups is 1. The van der Waals surface area contributed by atoms with Crippen molar-refractivity contribution < 1.29 is 9.90 Å². The van der Waals surface area contributed by atoms with E-state index >= 15 is 0 Å².